The molecule has 0 saturated carbocycles. The van der Waals surface area contributed by atoms with E-state index in [1.807, 2.05) is 13.8 Å². The fraction of sp³-hybridized carbons (Fsp3) is 0.769. The standard InChI is InChI=1S/C13H23N5O/c1-8(2)10-6-5-7-18(10)12-15-11(14)16-13(17-12)19-9(3)4/h8-10H,5-7H2,1-4H3,(H2,14,15,16,17). The Hall–Kier alpha value is -1.59. The molecule has 106 valence electrons. The number of aromatic nitrogens is 3. The minimum absolute atomic E-state index is 0.0223. The van der Waals surface area contributed by atoms with Gasteiger partial charge in [0, 0.05) is 12.6 Å². The molecule has 19 heavy (non-hydrogen) atoms. The summed E-state index contributed by atoms with van der Waals surface area (Å²) in [5.74, 6) is 1.42. The molecule has 0 aliphatic carbocycles. The summed E-state index contributed by atoms with van der Waals surface area (Å²) in [6.07, 6.45) is 2.35. The minimum Gasteiger partial charge on any atom is -0.461 e. The van der Waals surface area contributed by atoms with Gasteiger partial charge in [0.2, 0.25) is 11.9 Å². The molecule has 1 aliphatic heterocycles. The molecular formula is C13H23N5O. The maximum Gasteiger partial charge on any atom is 0.323 e. The molecule has 2 rings (SSSR count). The quantitative estimate of drug-likeness (QED) is 0.895. The second-order valence-corrected chi connectivity index (χ2v) is 5.59. The van der Waals surface area contributed by atoms with E-state index in [2.05, 4.69) is 33.7 Å². The maximum absolute atomic E-state index is 5.76. The van der Waals surface area contributed by atoms with Crippen LogP contribution in [0.2, 0.25) is 0 Å². The van der Waals surface area contributed by atoms with Crippen molar-refractivity contribution < 1.29 is 4.74 Å². The smallest absolute Gasteiger partial charge is 0.323 e. The summed E-state index contributed by atoms with van der Waals surface area (Å²) in [6, 6.07) is 0.778. The van der Waals surface area contributed by atoms with Crippen LogP contribution < -0.4 is 15.4 Å². The van der Waals surface area contributed by atoms with Gasteiger partial charge in [-0.05, 0) is 32.6 Å². The van der Waals surface area contributed by atoms with Gasteiger partial charge in [-0.25, -0.2) is 0 Å². The van der Waals surface area contributed by atoms with E-state index in [0.717, 1.165) is 13.0 Å². The van der Waals surface area contributed by atoms with E-state index in [1.165, 1.54) is 6.42 Å². The number of nitrogens with two attached hydrogens (primary N) is 1. The molecule has 0 aromatic carbocycles. The lowest BCUT2D eigenvalue weighted by molar-refractivity contribution is 0.222. The van der Waals surface area contributed by atoms with Gasteiger partial charge in [-0.1, -0.05) is 13.8 Å². The van der Waals surface area contributed by atoms with Crippen LogP contribution >= 0.6 is 0 Å². The van der Waals surface area contributed by atoms with Crippen molar-refractivity contribution in [2.45, 2.75) is 52.7 Å². The third-order valence-electron chi connectivity index (χ3n) is 3.29. The summed E-state index contributed by atoms with van der Waals surface area (Å²) < 4.78 is 5.52. The summed E-state index contributed by atoms with van der Waals surface area (Å²) in [5, 5.41) is 0. The van der Waals surface area contributed by atoms with Gasteiger partial charge in [0.15, 0.2) is 0 Å². The van der Waals surface area contributed by atoms with Crippen LogP contribution in [0.25, 0.3) is 0 Å². The van der Waals surface area contributed by atoms with Gasteiger partial charge < -0.3 is 15.4 Å². The average Bonchev–Trinajstić information content (AvgIpc) is 2.75. The van der Waals surface area contributed by atoms with E-state index in [-0.39, 0.29) is 12.1 Å². The van der Waals surface area contributed by atoms with Crippen molar-refractivity contribution in [2.24, 2.45) is 5.92 Å². The lowest BCUT2D eigenvalue weighted by Crippen LogP contribution is -2.35. The molecule has 1 unspecified atom stereocenters. The van der Waals surface area contributed by atoms with Gasteiger partial charge in [-0.15, -0.1) is 0 Å². The maximum atomic E-state index is 5.76. The highest BCUT2D eigenvalue weighted by atomic mass is 16.5. The number of nitrogen functional groups attached to an aromatic ring is 1. The number of hydrogen-bond acceptors (Lipinski definition) is 6. The zero-order chi connectivity index (χ0) is 14.0. The van der Waals surface area contributed by atoms with Crippen molar-refractivity contribution in [1.82, 2.24) is 15.0 Å². The minimum atomic E-state index is 0.0223. The van der Waals surface area contributed by atoms with Crippen LogP contribution in [-0.2, 0) is 0 Å². The van der Waals surface area contributed by atoms with E-state index in [0.29, 0.717) is 23.9 Å². The number of ether oxygens (including phenoxy) is 1. The van der Waals surface area contributed by atoms with Crippen LogP contribution in [-0.4, -0.2) is 33.6 Å². The molecular weight excluding hydrogens is 242 g/mol. The fourth-order valence-corrected chi connectivity index (χ4v) is 2.49. The number of nitrogens with zero attached hydrogens (tertiary/aromatic N) is 4. The molecule has 0 radical (unpaired) electrons. The fourth-order valence-electron chi connectivity index (χ4n) is 2.49. The molecule has 1 aliphatic rings. The molecule has 6 nitrogen and oxygen atoms in total. The van der Waals surface area contributed by atoms with Crippen LogP contribution in [0.4, 0.5) is 11.9 Å². The van der Waals surface area contributed by atoms with Crippen LogP contribution in [0, 0.1) is 5.92 Å². The molecule has 1 aromatic rings. The monoisotopic (exact) mass is 265 g/mol. The second-order valence-electron chi connectivity index (χ2n) is 5.59. The van der Waals surface area contributed by atoms with E-state index < -0.39 is 0 Å². The molecule has 1 atom stereocenters. The summed E-state index contributed by atoms with van der Waals surface area (Å²) >= 11 is 0. The van der Waals surface area contributed by atoms with E-state index in [9.17, 15) is 0 Å². The molecule has 2 N–H and O–H groups in total. The largest absolute Gasteiger partial charge is 0.461 e. The van der Waals surface area contributed by atoms with Gasteiger partial charge in [0.05, 0.1) is 6.10 Å². The SMILES string of the molecule is CC(C)Oc1nc(N)nc(N2CCCC2C(C)C)n1. The van der Waals surface area contributed by atoms with E-state index in [1.54, 1.807) is 0 Å². The van der Waals surface area contributed by atoms with Gasteiger partial charge in [0.25, 0.3) is 0 Å². The first kappa shape index (κ1) is 13.8. The Morgan fingerprint density at radius 3 is 2.58 bits per heavy atom. The van der Waals surface area contributed by atoms with Crippen molar-refractivity contribution in [1.29, 1.82) is 0 Å². The topological polar surface area (TPSA) is 77.2 Å². The number of anilines is 2. The highest BCUT2D eigenvalue weighted by molar-refractivity contribution is 5.38. The van der Waals surface area contributed by atoms with Gasteiger partial charge in [0.1, 0.15) is 0 Å². The molecule has 1 aromatic heterocycles. The van der Waals surface area contributed by atoms with Crippen LogP contribution in [0.3, 0.4) is 0 Å². The van der Waals surface area contributed by atoms with Gasteiger partial charge in [-0.2, -0.15) is 15.0 Å². The normalized spacial score (nSPS) is 19.5. The highest BCUT2D eigenvalue weighted by Gasteiger charge is 2.29. The van der Waals surface area contributed by atoms with Gasteiger partial charge >= 0.3 is 6.01 Å². The van der Waals surface area contributed by atoms with E-state index >= 15 is 0 Å². The van der Waals surface area contributed by atoms with Crippen molar-refractivity contribution in [3.05, 3.63) is 0 Å². The predicted octanol–water partition coefficient (Wildman–Crippen LogP) is 1.87. The highest BCUT2D eigenvalue weighted by Crippen LogP contribution is 2.28. The molecule has 1 saturated heterocycles. The molecule has 6 heteroatoms. The Bertz CT molecular complexity index is 435. The lowest BCUT2D eigenvalue weighted by atomic mass is 10.0. The Labute approximate surface area is 114 Å². The zero-order valence-electron chi connectivity index (χ0n) is 12.1. The third-order valence-corrected chi connectivity index (χ3v) is 3.29. The molecule has 0 spiro atoms. The first-order valence-electron chi connectivity index (χ1n) is 6.92. The summed E-state index contributed by atoms with van der Waals surface area (Å²) in [5.41, 5.74) is 5.76. The van der Waals surface area contributed by atoms with Crippen molar-refractivity contribution in [2.75, 3.05) is 17.2 Å². The molecule has 0 bridgehead atoms. The zero-order valence-corrected chi connectivity index (χ0v) is 12.1. The molecule has 0 amide bonds. The Morgan fingerprint density at radius 1 is 1.21 bits per heavy atom. The van der Waals surface area contributed by atoms with Crippen molar-refractivity contribution in [3.63, 3.8) is 0 Å². The predicted molar refractivity (Wildman–Crippen MR) is 75.2 cm³/mol. The van der Waals surface area contributed by atoms with Crippen LogP contribution in [0.15, 0.2) is 0 Å². The summed E-state index contributed by atoms with van der Waals surface area (Å²) in [6.45, 7) is 9.28. The first-order valence-corrected chi connectivity index (χ1v) is 6.92. The average molecular weight is 265 g/mol. The van der Waals surface area contributed by atoms with Crippen molar-refractivity contribution >= 4 is 11.9 Å². The summed E-state index contributed by atoms with van der Waals surface area (Å²) in [4.78, 5) is 14.9. The third kappa shape index (κ3) is 3.24. The number of rotatable bonds is 4. The first-order chi connectivity index (χ1) is 8.97. The van der Waals surface area contributed by atoms with Crippen molar-refractivity contribution in [3.8, 4) is 6.01 Å². The Kier molecular flexibility index (Phi) is 4.07. The Balaban J connectivity index is 2.26. The van der Waals surface area contributed by atoms with Gasteiger partial charge in [-0.3, -0.25) is 0 Å². The summed E-state index contributed by atoms with van der Waals surface area (Å²) in [7, 11) is 0. The van der Waals surface area contributed by atoms with E-state index in [4.69, 9.17) is 10.5 Å². The molecule has 1 fully saturated rings. The van der Waals surface area contributed by atoms with Crippen LogP contribution in [0.5, 0.6) is 6.01 Å². The van der Waals surface area contributed by atoms with Crippen LogP contribution in [0.1, 0.15) is 40.5 Å². The second kappa shape index (κ2) is 5.59. The lowest BCUT2D eigenvalue weighted by Gasteiger charge is -2.27. The number of hydrogen-bond donors (Lipinski definition) is 1. The Morgan fingerprint density at radius 2 is 1.95 bits per heavy atom. The molecule has 2 heterocycles.